The monoisotopic (exact) mass is 298 g/mol. The number of aromatic nitrogens is 1. The number of hydrogen-bond donors (Lipinski definition) is 2. The van der Waals surface area contributed by atoms with E-state index in [1.165, 1.54) is 12.3 Å². The Bertz CT molecular complexity index is 607. The molecule has 0 bridgehead atoms. The lowest BCUT2D eigenvalue weighted by Crippen LogP contribution is -2.26. The maximum absolute atomic E-state index is 11.9. The Morgan fingerprint density at radius 3 is 2.68 bits per heavy atom. The number of pyridine rings is 1. The lowest BCUT2D eigenvalue weighted by Gasteiger charge is -2.05. The minimum atomic E-state index is -3.58. The zero-order valence-electron chi connectivity index (χ0n) is 10.1. The minimum absolute atomic E-state index is 0.0324. The van der Waals surface area contributed by atoms with Crippen LogP contribution in [0, 0.1) is 0 Å². The normalized spacial score (nSPS) is 11.6. The molecule has 5 nitrogen and oxygen atoms in total. The number of aliphatic hydroxyl groups is 1. The maximum atomic E-state index is 11.9. The Morgan fingerprint density at radius 1 is 1.26 bits per heavy atom. The highest BCUT2D eigenvalue weighted by atomic mass is 32.2. The van der Waals surface area contributed by atoms with E-state index in [4.69, 9.17) is 5.11 Å². The second-order valence-corrected chi connectivity index (χ2v) is 6.44. The van der Waals surface area contributed by atoms with E-state index in [1.807, 2.05) is 16.8 Å². The van der Waals surface area contributed by atoms with E-state index in [-0.39, 0.29) is 11.6 Å². The van der Waals surface area contributed by atoms with Crippen LogP contribution in [0.2, 0.25) is 0 Å². The van der Waals surface area contributed by atoms with E-state index in [0.717, 1.165) is 5.56 Å². The van der Waals surface area contributed by atoms with Crippen molar-refractivity contribution in [1.29, 1.82) is 0 Å². The van der Waals surface area contributed by atoms with Crippen molar-refractivity contribution in [3.63, 3.8) is 0 Å². The average molecular weight is 298 g/mol. The van der Waals surface area contributed by atoms with E-state index < -0.39 is 10.0 Å². The molecule has 0 aliphatic heterocycles. The molecule has 0 saturated heterocycles. The van der Waals surface area contributed by atoms with E-state index in [0.29, 0.717) is 18.5 Å². The van der Waals surface area contributed by atoms with Crippen LogP contribution in [-0.2, 0) is 23.1 Å². The van der Waals surface area contributed by atoms with Crippen molar-refractivity contribution in [3.05, 3.63) is 46.3 Å². The molecule has 0 radical (unpaired) electrons. The van der Waals surface area contributed by atoms with Crippen molar-refractivity contribution in [2.75, 3.05) is 6.54 Å². The van der Waals surface area contributed by atoms with Crippen LogP contribution in [0.5, 0.6) is 0 Å². The Labute approximate surface area is 116 Å². The Morgan fingerprint density at radius 2 is 2.11 bits per heavy atom. The molecule has 19 heavy (non-hydrogen) atoms. The fourth-order valence-corrected chi connectivity index (χ4v) is 3.16. The molecule has 0 saturated carbocycles. The zero-order chi connectivity index (χ0) is 13.7. The van der Waals surface area contributed by atoms with E-state index in [1.54, 1.807) is 17.4 Å². The van der Waals surface area contributed by atoms with Crippen LogP contribution in [0.4, 0.5) is 0 Å². The summed E-state index contributed by atoms with van der Waals surface area (Å²) in [5.41, 5.74) is 1.69. The van der Waals surface area contributed by atoms with Gasteiger partial charge in [-0.3, -0.25) is 0 Å². The summed E-state index contributed by atoms with van der Waals surface area (Å²) in [4.78, 5) is 3.83. The van der Waals surface area contributed by atoms with Gasteiger partial charge in [0.25, 0.3) is 10.0 Å². The van der Waals surface area contributed by atoms with Crippen LogP contribution in [0.15, 0.2) is 40.2 Å². The van der Waals surface area contributed by atoms with Gasteiger partial charge in [0.2, 0.25) is 0 Å². The van der Waals surface area contributed by atoms with Gasteiger partial charge in [-0.05, 0) is 40.4 Å². The number of aliphatic hydroxyl groups excluding tert-OH is 1. The molecule has 0 aliphatic carbocycles. The first-order valence-electron chi connectivity index (χ1n) is 5.68. The van der Waals surface area contributed by atoms with Gasteiger partial charge >= 0.3 is 0 Å². The maximum Gasteiger partial charge on any atom is 0.258 e. The summed E-state index contributed by atoms with van der Waals surface area (Å²) in [5, 5.41) is 12.8. The Kier molecular flexibility index (Phi) is 4.65. The van der Waals surface area contributed by atoms with Crippen molar-refractivity contribution in [3.8, 4) is 0 Å². The summed E-state index contributed by atoms with van der Waals surface area (Å²) >= 11 is 1.58. The number of rotatable bonds is 6. The predicted octanol–water partition coefficient (Wildman–Crippen LogP) is 1.16. The summed E-state index contributed by atoms with van der Waals surface area (Å²) in [6.45, 7) is 0.182. The summed E-state index contributed by atoms with van der Waals surface area (Å²) < 4.78 is 26.4. The second-order valence-electron chi connectivity index (χ2n) is 3.94. The van der Waals surface area contributed by atoms with Gasteiger partial charge in [0.1, 0.15) is 0 Å². The quantitative estimate of drug-likeness (QED) is 0.838. The predicted molar refractivity (Wildman–Crippen MR) is 73.4 cm³/mol. The van der Waals surface area contributed by atoms with Crippen LogP contribution in [0.1, 0.15) is 11.1 Å². The summed E-state index contributed by atoms with van der Waals surface area (Å²) in [6, 6.07) is 4.90. The number of nitrogens with zero attached hydrogens (tertiary/aromatic N) is 1. The third-order valence-corrected chi connectivity index (χ3v) is 4.65. The van der Waals surface area contributed by atoms with E-state index in [9.17, 15) is 8.42 Å². The molecule has 7 heteroatoms. The summed E-state index contributed by atoms with van der Waals surface area (Å²) in [6.07, 6.45) is 2.00. The lowest BCUT2D eigenvalue weighted by atomic mass is 10.2. The number of thiophene rings is 1. The van der Waals surface area contributed by atoms with Gasteiger partial charge in [0.05, 0.1) is 6.61 Å². The standard InChI is InChI=1S/C12H14N2O3S2/c15-8-11-1-2-12(13-7-11)19(16,17)14-5-3-10-4-6-18-9-10/h1-2,4,6-7,9,14-15H,3,5,8H2. The van der Waals surface area contributed by atoms with Gasteiger partial charge < -0.3 is 5.11 Å². The summed E-state index contributed by atoms with van der Waals surface area (Å²) in [5.74, 6) is 0. The van der Waals surface area contributed by atoms with Crippen LogP contribution in [0.25, 0.3) is 0 Å². The number of nitrogens with one attached hydrogen (secondary N) is 1. The van der Waals surface area contributed by atoms with Crippen LogP contribution >= 0.6 is 11.3 Å². The molecule has 0 unspecified atom stereocenters. The average Bonchev–Trinajstić information content (AvgIpc) is 2.92. The van der Waals surface area contributed by atoms with Crippen LogP contribution in [-0.4, -0.2) is 25.1 Å². The fraction of sp³-hybridized carbons (Fsp3) is 0.250. The molecule has 2 rings (SSSR count). The van der Waals surface area contributed by atoms with Gasteiger partial charge in [-0.25, -0.2) is 18.1 Å². The van der Waals surface area contributed by atoms with Gasteiger partial charge in [0.15, 0.2) is 5.03 Å². The largest absolute Gasteiger partial charge is 0.392 e. The topological polar surface area (TPSA) is 79.3 Å². The number of hydrogen-bond acceptors (Lipinski definition) is 5. The molecule has 0 spiro atoms. The van der Waals surface area contributed by atoms with E-state index >= 15 is 0 Å². The molecular formula is C12H14N2O3S2. The molecule has 2 aromatic heterocycles. The van der Waals surface area contributed by atoms with Crippen molar-refractivity contribution >= 4 is 21.4 Å². The molecule has 2 aromatic rings. The van der Waals surface area contributed by atoms with Gasteiger partial charge in [-0.15, -0.1) is 0 Å². The highest BCUT2D eigenvalue weighted by molar-refractivity contribution is 7.89. The lowest BCUT2D eigenvalue weighted by molar-refractivity contribution is 0.281. The van der Waals surface area contributed by atoms with Crippen molar-refractivity contribution in [1.82, 2.24) is 9.71 Å². The molecule has 2 N–H and O–H groups in total. The van der Waals surface area contributed by atoms with Crippen LogP contribution in [0.3, 0.4) is 0 Å². The third kappa shape index (κ3) is 3.84. The van der Waals surface area contributed by atoms with Gasteiger partial charge in [0, 0.05) is 12.7 Å². The Hall–Kier alpha value is -1.28. The fourth-order valence-electron chi connectivity index (χ4n) is 1.50. The van der Waals surface area contributed by atoms with Gasteiger partial charge in [-0.1, -0.05) is 6.07 Å². The summed E-state index contributed by atoms with van der Waals surface area (Å²) in [7, 11) is -3.58. The molecular weight excluding hydrogens is 284 g/mol. The van der Waals surface area contributed by atoms with E-state index in [2.05, 4.69) is 9.71 Å². The zero-order valence-corrected chi connectivity index (χ0v) is 11.7. The van der Waals surface area contributed by atoms with Gasteiger partial charge in [-0.2, -0.15) is 11.3 Å². The first kappa shape index (κ1) is 14.1. The highest BCUT2D eigenvalue weighted by Gasteiger charge is 2.14. The highest BCUT2D eigenvalue weighted by Crippen LogP contribution is 2.08. The molecule has 0 fully saturated rings. The molecule has 2 heterocycles. The minimum Gasteiger partial charge on any atom is -0.392 e. The molecule has 0 atom stereocenters. The SMILES string of the molecule is O=S(=O)(NCCc1ccsc1)c1ccc(CO)cn1. The first-order chi connectivity index (χ1) is 9.12. The van der Waals surface area contributed by atoms with Crippen molar-refractivity contribution in [2.24, 2.45) is 0 Å². The number of sulfonamides is 1. The van der Waals surface area contributed by atoms with Crippen molar-refractivity contribution < 1.29 is 13.5 Å². The van der Waals surface area contributed by atoms with Crippen molar-refractivity contribution in [2.45, 2.75) is 18.1 Å². The second kappa shape index (κ2) is 6.25. The molecule has 0 amide bonds. The third-order valence-electron chi connectivity index (χ3n) is 2.54. The Balaban J connectivity index is 1.97. The first-order valence-corrected chi connectivity index (χ1v) is 8.11. The molecule has 102 valence electrons. The molecule has 0 aliphatic rings. The molecule has 0 aromatic carbocycles. The van der Waals surface area contributed by atoms with Crippen LogP contribution < -0.4 is 4.72 Å². The smallest absolute Gasteiger partial charge is 0.258 e.